The third-order valence-corrected chi connectivity index (χ3v) is 1.95. The van der Waals surface area contributed by atoms with Crippen molar-refractivity contribution in [2.75, 3.05) is 6.61 Å². The van der Waals surface area contributed by atoms with E-state index in [9.17, 15) is 14.7 Å². The molecule has 1 aromatic rings. The molecule has 1 aromatic heterocycles. The Bertz CT molecular complexity index is 441. The van der Waals surface area contributed by atoms with Crippen LogP contribution in [0.5, 0.6) is 5.75 Å². The molecule has 1 rings (SSSR count). The van der Waals surface area contributed by atoms with Gasteiger partial charge in [-0.05, 0) is 13.8 Å². The van der Waals surface area contributed by atoms with Crippen molar-refractivity contribution in [2.24, 2.45) is 0 Å². The number of ether oxygens (including phenoxy) is 1. The maximum atomic E-state index is 11.5. The molecule has 0 saturated carbocycles. The molecule has 0 atom stereocenters. The summed E-state index contributed by atoms with van der Waals surface area (Å²) in [5.74, 6) is -2.67. The van der Waals surface area contributed by atoms with E-state index in [1.807, 2.05) is 0 Å². The van der Waals surface area contributed by atoms with E-state index in [-0.39, 0.29) is 23.4 Å². The van der Waals surface area contributed by atoms with Crippen LogP contribution in [0.15, 0.2) is 6.20 Å². The van der Waals surface area contributed by atoms with E-state index >= 15 is 0 Å². The highest BCUT2D eigenvalue weighted by atomic mass is 16.5. The molecule has 0 unspecified atom stereocenters. The molecule has 0 aliphatic rings. The van der Waals surface area contributed by atoms with Crippen LogP contribution in [-0.4, -0.2) is 33.7 Å². The zero-order valence-electron chi connectivity index (χ0n) is 8.85. The molecule has 2 N–H and O–H groups in total. The Kier molecular flexibility index (Phi) is 3.44. The monoisotopic (exact) mass is 225 g/mol. The SMILES string of the molecule is CCOC(=O)c1c(C(=O)O)cnc(C)c1O. The smallest absolute Gasteiger partial charge is 0.342 e. The first-order valence-electron chi connectivity index (χ1n) is 4.58. The van der Waals surface area contributed by atoms with Gasteiger partial charge in [0.05, 0.1) is 17.9 Å². The lowest BCUT2D eigenvalue weighted by molar-refractivity contribution is 0.0510. The molecule has 0 radical (unpaired) electrons. The fourth-order valence-electron chi connectivity index (χ4n) is 1.17. The predicted molar refractivity (Wildman–Crippen MR) is 53.6 cm³/mol. The molecule has 0 aromatic carbocycles. The average molecular weight is 225 g/mol. The maximum Gasteiger partial charge on any atom is 0.342 e. The minimum Gasteiger partial charge on any atom is -0.505 e. The molecule has 0 aliphatic carbocycles. The van der Waals surface area contributed by atoms with Crippen LogP contribution < -0.4 is 0 Å². The predicted octanol–water partition coefficient (Wildman–Crippen LogP) is 0.971. The lowest BCUT2D eigenvalue weighted by Crippen LogP contribution is -2.13. The highest BCUT2D eigenvalue weighted by Crippen LogP contribution is 2.24. The van der Waals surface area contributed by atoms with E-state index in [2.05, 4.69) is 9.72 Å². The number of hydrogen-bond donors (Lipinski definition) is 2. The van der Waals surface area contributed by atoms with Crippen LogP contribution in [0.25, 0.3) is 0 Å². The highest BCUT2D eigenvalue weighted by Gasteiger charge is 2.23. The molecule has 0 bridgehead atoms. The van der Waals surface area contributed by atoms with Gasteiger partial charge in [-0.1, -0.05) is 0 Å². The number of aryl methyl sites for hydroxylation is 1. The Morgan fingerprint density at radius 3 is 2.62 bits per heavy atom. The first kappa shape index (κ1) is 12.0. The number of rotatable bonds is 3. The van der Waals surface area contributed by atoms with Gasteiger partial charge in [0.15, 0.2) is 5.75 Å². The number of aromatic hydroxyl groups is 1. The summed E-state index contributed by atoms with van der Waals surface area (Å²) in [6, 6.07) is 0. The second kappa shape index (κ2) is 4.61. The van der Waals surface area contributed by atoms with Gasteiger partial charge in [-0.2, -0.15) is 0 Å². The standard InChI is InChI=1S/C10H11NO5/c1-3-16-10(15)7-6(9(13)14)4-11-5(2)8(7)12/h4,12H,3H2,1-2H3,(H,13,14). The molecular weight excluding hydrogens is 214 g/mol. The number of carboxylic acid groups (broad SMARTS) is 1. The number of carbonyl (C=O) groups is 2. The van der Waals surface area contributed by atoms with Crippen LogP contribution in [0.4, 0.5) is 0 Å². The number of carboxylic acids is 1. The topological polar surface area (TPSA) is 96.7 Å². The Hall–Kier alpha value is -2.11. The van der Waals surface area contributed by atoms with Crippen molar-refractivity contribution in [3.8, 4) is 5.75 Å². The van der Waals surface area contributed by atoms with Gasteiger partial charge in [-0.25, -0.2) is 9.59 Å². The van der Waals surface area contributed by atoms with Gasteiger partial charge in [-0.3, -0.25) is 4.98 Å². The highest BCUT2D eigenvalue weighted by molar-refractivity contribution is 6.04. The molecule has 1 heterocycles. The van der Waals surface area contributed by atoms with Gasteiger partial charge in [0.1, 0.15) is 5.56 Å². The van der Waals surface area contributed by atoms with Gasteiger partial charge >= 0.3 is 11.9 Å². The van der Waals surface area contributed by atoms with E-state index in [1.54, 1.807) is 6.92 Å². The second-order valence-corrected chi connectivity index (χ2v) is 3.01. The number of pyridine rings is 1. The summed E-state index contributed by atoms with van der Waals surface area (Å²) >= 11 is 0. The van der Waals surface area contributed by atoms with Gasteiger partial charge in [-0.15, -0.1) is 0 Å². The summed E-state index contributed by atoms with van der Waals surface area (Å²) in [6.07, 6.45) is 1.02. The minimum absolute atomic E-state index is 0.0959. The summed E-state index contributed by atoms with van der Waals surface area (Å²) in [6.45, 7) is 3.14. The number of aromatic nitrogens is 1. The molecule has 6 heteroatoms. The first-order valence-corrected chi connectivity index (χ1v) is 4.58. The molecule has 0 spiro atoms. The van der Waals surface area contributed by atoms with Gasteiger partial charge in [0, 0.05) is 6.20 Å². The number of esters is 1. The third kappa shape index (κ3) is 2.10. The normalized spacial score (nSPS) is 9.88. The third-order valence-electron chi connectivity index (χ3n) is 1.95. The number of nitrogens with zero attached hydrogens (tertiary/aromatic N) is 1. The molecular formula is C10H11NO5. The average Bonchev–Trinajstić information content (AvgIpc) is 2.21. The van der Waals surface area contributed by atoms with Crippen molar-refractivity contribution in [2.45, 2.75) is 13.8 Å². The molecule has 6 nitrogen and oxygen atoms in total. The van der Waals surface area contributed by atoms with Crippen LogP contribution in [0.2, 0.25) is 0 Å². The minimum atomic E-state index is -1.34. The Morgan fingerprint density at radius 2 is 2.12 bits per heavy atom. The number of aromatic carboxylic acids is 1. The van der Waals surface area contributed by atoms with Crippen molar-refractivity contribution in [1.82, 2.24) is 4.98 Å². The van der Waals surface area contributed by atoms with Crippen molar-refractivity contribution < 1.29 is 24.5 Å². The number of carbonyl (C=O) groups excluding carboxylic acids is 1. The van der Waals surface area contributed by atoms with Gasteiger partial charge < -0.3 is 14.9 Å². The molecule has 86 valence electrons. The van der Waals surface area contributed by atoms with E-state index < -0.39 is 17.7 Å². The molecule has 16 heavy (non-hydrogen) atoms. The quantitative estimate of drug-likeness (QED) is 0.744. The lowest BCUT2D eigenvalue weighted by atomic mass is 10.1. The number of hydrogen-bond acceptors (Lipinski definition) is 5. The van der Waals surface area contributed by atoms with Gasteiger partial charge in [0.2, 0.25) is 0 Å². The summed E-state index contributed by atoms with van der Waals surface area (Å²) < 4.78 is 4.66. The van der Waals surface area contributed by atoms with Crippen LogP contribution in [-0.2, 0) is 4.74 Å². The Balaban J connectivity index is 3.37. The van der Waals surface area contributed by atoms with E-state index in [1.165, 1.54) is 6.92 Å². The molecule has 0 saturated heterocycles. The lowest BCUT2D eigenvalue weighted by Gasteiger charge is -2.08. The molecule has 0 amide bonds. The van der Waals surface area contributed by atoms with Crippen LogP contribution in [0.3, 0.4) is 0 Å². The van der Waals surface area contributed by atoms with Crippen molar-refractivity contribution >= 4 is 11.9 Å². The second-order valence-electron chi connectivity index (χ2n) is 3.01. The maximum absolute atomic E-state index is 11.5. The largest absolute Gasteiger partial charge is 0.505 e. The van der Waals surface area contributed by atoms with E-state index in [0.717, 1.165) is 6.20 Å². The molecule has 0 aliphatic heterocycles. The van der Waals surface area contributed by atoms with E-state index in [0.29, 0.717) is 0 Å². The van der Waals surface area contributed by atoms with E-state index in [4.69, 9.17) is 5.11 Å². The summed E-state index contributed by atoms with van der Waals surface area (Å²) in [4.78, 5) is 26.0. The Morgan fingerprint density at radius 1 is 1.50 bits per heavy atom. The van der Waals surface area contributed by atoms with Crippen molar-refractivity contribution in [3.63, 3.8) is 0 Å². The summed E-state index contributed by atoms with van der Waals surface area (Å²) in [7, 11) is 0. The van der Waals surface area contributed by atoms with Crippen LogP contribution in [0.1, 0.15) is 33.3 Å². The van der Waals surface area contributed by atoms with Crippen LogP contribution >= 0.6 is 0 Å². The summed E-state index contributed by atoms with van der Waals surface area (Å²) in [5.41, 5.74) is -0.559. The zero-order valence-corrected chi connectivity index (χ0v) is 8.85. The van der Waals surface area contributed by atoms with Crippen molar-refractivity contribution in [3.05, 3.63) is 23.0 Å². The Labute approximate surface area is 91.5 Å². The molecule has 0 fully saturated rings. The fourth-order valence-corrected chi connectivity index (χ4v) is 1.17. The van der Waals surface area contributed by atoms with Crippen molar-refractivity contribution in [1.29, 1.82) is 0 Å². The fraction of sp³-hybridized carbons (Fsp3) is 0.300. The summed E-state index contributed by atoms with van der Waals surface area (Å²) in [5, 5.41) is 18.4. The zero-order chi connectivity index (χ0) is 12.3. The van der Waals surface area contributed by atoms with Gasteiger partial charge in [0.25, 0.3) is 0 Å². The van der Waals surface area contributed by atoms with Crippen LogP contribution in [0, 0.1) is 6.92 Å². The first-order chi connectivity index (χ1) is 7.49.